The molecule has 1 saturated heterocycles. The van der Waals surface area contributed by atoms with E-state index in [1.165, 1.54) is 12.5 Å². The molecule has 1 aliphatic rings. The quantitative estimate of drug-likeness (QED) is 0.788. The van der Waals surface area contributed by atoms with Crippen molar-refractivity contribution in [2.75, 3.05) is 39.3 Å². The molecule has 0 radical (unpaired) electrons. The molecule has 1 N–H and O–H groups in total. The van der Waals surface area contributed by atoms with E-state index in [0.29, 0.717) is 5.56 Å². The minimum atomic E-state index is 0.0544. The summed E-state index contributed by atoms with van der Waals surface area (Å²) in [6.07, 6.45) is 4.90. The van der Waals surface area contributed by atoms with Gasteiger partial charge < -0.3 is 14.4 Å². The molecule has 0 atom stereocenters. The van der Waals surface area contributed by atoms with Gasteiger partial charge in [-0.25, -0.2) is 0 Å². The van der Waals surface area contributed by atoms with Gasteiger partial charge in [0, 0.05) is 32.8 Å². The number of piperazine rings is 1. The molecule has 2 heterocycles. The Labute approximate surface area is 107 Å². The molecule has 2 rings (SSSR count). The number of furan rings is 1. The summed E-state index contributed by atoms with van der Waals surface area (Å²) in [5.41, 5.74) is 0.628. The molecule has 100 valence electrons. The Hall–Kier alpha value is -1.33. The molecule has 1 amide bonds. The topological polar surface area (TPSA) is 56.9 Å². The predicted molar refractivity (Wildman–Crippen MR) is 67.4 cm³/mol. The SMILES string of the molecule is O=C(c1ccoc1)N1CCN(CCCCO)CC1. The van der Waals surface area contributed by atoms with Crippen LogP contribution in [0.2, 0.25) is 0 Å². The van der Waals surface area contributed by atoms with Crippen LogP contribution in [0.4, 0.5) is 0 Å². The Morgan fingerprint density at radius 3 is 2.67 bits per heavy atom. The van der Waals surface area contributed by atoms with E-state index >= 15 is 0 Å². The van der Waals surface area contributed by atoms with Gasteiger partial charge in [-0.1, -0.05) is 0 Å². The Morgan fingerprint density at radius 2 is 2.06 bits per heavy atom. The van der Waals surface area contributed by atoms with Crippen molar-refractivity contribution in [3.63, 3.8) is 0 Å². The number of aliphatic hydroxyl groups excluding tert-OH is 1. The molecular weight excluding hydrogens is 232 g/mol. The predicted octanol–water partition coefficient (Wildman–Crippen LogP) is 0.810. The highest BCUT2D eigenvalue weighted by atomic mass is 16.3. The van der Waals surface area contributed by atoms with Crippen LogP contribution in [0.1, 0.15) is 23.2 Å². The Morgan fingerprint density at radius 1 is 1.28 bits per heavy atom. The van der Waals surface area contributed by atoms with Gasteiger partial charge in [0.1, 0.15) is 6.26 Å². The number of amides is 1. The molecule has 1 aliphatic heterocycles. The van der Waals surface area contributed by atoms with Gasteiger partial charge in [-0.3, -0.25) is 9.69 Å². The Balaban J connectivity index is 1.75. The van der Waals surface area contributed by atoms with Crippen LogP contribution in [0.25, 0.3) is 0 Å². The van der Waals surface area contributed by atoms with E-state index in [1.807, 2.05) is 4.90 Å². The summed E-state index contributed by atoms with van der Waals surface area (Å²) < 4.78 is 4.93. The molecule has 0 unspecified atom stereocenters. The van der Waals surface area contributed by atoms with Crippen LogP contribution >= 0.6 is 0 Å². The van der Waals surface area contributed by atoms with Crippen LogP contribution in [0, 0.1) is 0 Å². The highest BCUT2D eigenvalue weighted by molar-refractivity contribution is 5.93. The standard InChI is InChI=1S/C13H20N2O3/c16-9-2-1-4-14-5-7-15(8-6-14)13(17)12-3-10-18-11-12/h3,10-11,16H,1-2,4-9H2. The Bertz CT molecular complexity index is 356. The third kappa shape index (κ3) is 3.34. The number of unbranched alkanes of at least 4 members (excludes halogenated alkanes) is 1. The second-order valence-corrected chi connectivity index (χ2v) is 4.58. The molecule has 5 heteroatoms. The van der Waals surface area contributed by atoms with Gasteiger partial charge in [0.2, 0.25) is 0 Å². The molecule has 1 aromatic heterocycles. The lowest BCUT2D eigenvalue weighted by Gasteiger charge is -2.34. The maximum absolute atomic E-state index is 12.0. The first-order valence-electron chi connectivity index (χ1n) is 6.46. The van der Waals surface area contributed by atoms with E-state index in [2.05, 4.69) is 4.90 Å². The van der Waals surface area contributed by atoms with Crippen molar-refractivity contribution < 1.29 is 14.3 Å². The first kappa shape index (κ1) is 13.1. The summed E-state index contributed by atoms with van der Waals surface area (Å²) in [5, 5.41) is 8.74. The lowest BCUT2D eigenvalue weighted by molar-refractivity contribution is 0.0633. The van der Waals surface area contributed by atoms with E-state index < -0.39 is 0 Å². The molecule has 0 saturated carbocycles. The zero-order valence-corrected chi connectivity index (χ0v) is 10.5. The summed E-state index contributed by atoms with van der Waals surface area (Å²) in [4.78, 5) is 16.3. The number of rotatable bonds is 5. The number of hydrogen-bond donors (Lipinski definition) is 1. The minimum Gasteiger partial charge on any atom is -0.472 e. The Kier molecular flexibility index (Phi) is 4.78. The van der Waals surface area contributed by atoms with Crippen LogP contribution < -0.4 is 0 Å². The van der Waals surface area contributed by atoms with Crippen LogP contribution in [0.15, 0.2) is 23.0 Å². The fourth-order valence-electron chi connectivity index (χ4n) is 2.19. The van der Waals surface area contributed by atoms with Gasteiger partial charge in [-0.2, -0.15) is 0 Å². The molecule has 1 fully saturated rings. The lowest BCUT2D eigenvalue weighted by atomic mass is 10.2. The van der Waals surface area contributed by atoms with Crippen LogP contribution in [0.5, 0.6) is 0 Å². The van der Waals surface area contributed by atoms with Gasteiger partial charge in [-0.15, -0.1) is 0 Å². The number of aliphatic hydroxyl groups is 1. The van der Waals surface area contributed by atoms with Crippen molar-refractivity contribution in [1.82, 2.24) is 9.80 Å². The van der Waals surface area contributed by atoms with Crippen molar-refractivity contribution in [2.24, 2.45) is 0 Å². The number of carbonyl (C=O) groups is 1. The summed E-state index contributed by atoms with van der Waals surface area (Å²) in [5.74, 6) is 0.0544. The molecule has 0 spiro atoms. The molecule has 5 nitrogen and oxygen atoms in total. The van der Waals surface area contributed by atoms with Crippen LogP contribution in [-0.4, -0.2) is 60.1 Å². The number of carbonyl (C=O) groups excluding carboxylic acids is 1. The van der Waals surface area contributed by atoms with Gasteiger partial charge >= 0.3 is 0 Å². The average molecular weight is 252 g/mol. The molecule has 0 aromatic carbocycles. The maximum atomic E-state index is 12.0. The van der Waals surface area contributed by atoms with Gasteiger partial charge in [0.25, 0.3) is 5.91 Å². The summed E-state index contributed by atoms with van der Waals surface area (Å²) in [7, 11) is 0. The first-order chi connectivity index (χ1) is 8.81. The molecule has 18 heavy (non-hydrogen) atoms. The van der Waals surface area contributed by atoms with Crippen LogP contribution in [-0.2, 0) is 0 Å². The fraction of sp³-hybridized carbons (Fsp3) is 0.615. The first-order valence-corrected chi connectivity index (χ1v) is 6.46. The van der Waals surface area contributed by atoms with E-state index in [-0.39, 0.29) is 12.5 Å². The summed E-state index contributed by atoms with van der Waals surface area (Å²) in [6, 6.07) is 1.70. The molecule has 0 aliphatic carbocycles. The van der Waals surface area contributed by atoms with Crippen molar-refractivity contribution in [3.8, 4) is 0 Å². The molecular formula is C13H20N2O3. The smallest absolute Gasteiger partial charge is 0.257 e. The van der Waals surface area contributed by atoms with E-state index in [4.69, 9.17) is 9.52 Å². The highest BCUT2D eigenvalue weighted by Crippen LogP contribution is 2.09. The van der Waals surface area contributed by atoms with Gasteiger partial charge in [0.15, 0.2) is 0 Å². The molecule has 1 aromatic rings. The monoisotopic (exact) mass is 252 g/mol. The zero-order valence-electron chi connectivity index (χ0n) is 10.5. The lowest BCUT2D eigenvalue weighted by Crippen LogP contribution is -2.48. The van der Waals surface area contributed by atoms with Gasteiger partial charge in [-0.05, 0) is 25.5 Å². The van der Waals surface area contributed by atoms with Crippen molar-refractivity contribution in [3.05, 3.63) is 24.2 Å². The van der Waals surface area contributed by atoms with Gasteiger partial charge in [0.05, 0.1) is 11.8 Å². The van der Waals surface area contributed by atoms with Crippen molar-refractivity contribution in [1.29, 1.82) is 0 Å². The largest absolute Gasteiger partial charge is 0.472 e. The highest BCUT2D eigenvalue weighted by Gasteiger charge is 2.22. The number of nitrogens with zero attached hydrogens (tertiary/aromatic N) is 2. The van der Waals surface area contributed by atoms with E-state index in [0.717, 1.165) is 45.6 Å². The summed E-state index contributed by atoms with van der Waals surface area (Å²) in [6.45, 7) is 4.63. The maximum Gasteiger partial charge on any atom is 0.257 e. The third-order valence-corrected chi connectivity index (χ3v) is 3.31. The van der Waals surface area contributed by atoms with Crippen LogP contribution in [0.3, 0.4) is 0 Å². The van der Waals surface area contributed by atoms with E-state index in [9.17, 15) is 4.79 Å². The normalized spacial score (nSPS) is 17.1. The second-order valence-electron chi connectivity index (χ2n) is 4.58. The number of hydrogen-bond acceptors (Lipinski definition) is 4. The molecule has 0 bridgehead atoms. The van der Waals surface area contributed by atoms with Crippen molar-refractivity contribution >= 4 is 5.91 Å². The zero-order chi connectivity index (χ0) is 12.8. The second kappa shape index (κ2) is 6.56. The minimum absolute atomic E-state index is 0.0544. The average Bonchev–Trinajstić information content (AvgIpc) is 2.93. The summed E-state index contributed by atoms with van der Waals surface area (Å²) >= 11 is 0. The van der Waals surface area contributed by atoms with Crippen molar-refractivity contribution in [2.45, 2.75) is 12.8 Å². The fourth-order valence-corrected chi connectivity index (χ4v) is 2.19. The van der Waals surface area contributed by atoms with E-state index in [1.54, 1.807) is 6.07 Å². The third-order valence-electron chi connectivity index (χ3n) is 3.31.